The summed E-state index contributed by atoms with van der Waals surface area (Å²) in [6.45, 7) is 2.32. The number of carboxylic acids is 1. The molecule has 6 nitrogen and oxygen atoms in total. The number of ether oxygens (including phenoxy) is 2. The number of hydrogen-bond acceptors (Lipinski definition) is 4. The van der Waals surface area contributed by atoms with Crippen LogP contribution >= 0.6 is 0 Å². The number of aryl methyl sites for hydroxylation is 1. The summed E-state index contributed by atoms with van der Waals surface area (Å²) in [4.78, 5) is 24.5. The minimum Gasteiger partial charge on any atom is -0.491 e. The maximum atomic E-state index is 12.4. The molecule has 0 aliphatic heterocycles. The molecule has 0 fully saturated rings. The van der Waals surface area contributed by atoms with Gasteiger partial charge in [0.15, 0.2) is 6.61 Å². The summed E-state index contributed by atoms with van der Waals surface area (Å²) in [5.41, 5.74) is 1.47. The zero-order chi connectivity index (χ0) is 18.2. The van der Waals surface area contributed by atoms with Gasteiger partial charge in [-0.3, -0.25) is 4.79 Å². The molecule has 0 saturated carbocycles. The third kappa shape index (κ3) is 5.53. The molecular weight excluding hydrogens is 322 g/mol. The van der Waals surface area contributed by atoms with E-state index in [1.165, 1.54) is 6.07 Å². The summed E-state index contributed by atoms with van der Waals surface area (Å²) in [6, 6.07) is 14.2. The smallest absolute Gasteiger partial charge is 0.341 e. The third-order valence-corrected chi connectivity index (χ3v) is 3.57. The molecule has 0 aliphatic carbocycles. The van der Waals surface area contributed by atoms with Crippen LogP contribution in [0.25, 0.3) is 0 Å². The molecule has 2 rings (SSSR count). The van der Waals surface area contributed by atoms with E-state index in [2.05, 4.69) is 0 Å². The van der Waals surface area contributed by atoms with E-state index in [1.54, 1.807) is 30.1 Å². The van der Waals surface area contributed by atoms with Crippen molar-refractivity contribution in [1.82, 2.24) is 4.90 Å². The van der Waals surface area contributed by atoms with Crippen LogP contribution in [-0.2, 0) is 4.79 Å². The Balaban J connectivity index is 1.90. The maximum Gasteiger partial charge on any atom is 0.341 e. The van der Waals surface area contributed by atoms with Crippen LogP contribution < -0.4 is 9.47 Å². The van der Waals surface area contributed by atoms with Gasteiger partial charge in [0.1, 0.15) is 18.1 Å². The Morgan fingerprint density at radius 1 is 1.08 bits per heavy atom. The van der Waals surface area contributed by atoms with Crippen molar-refractivity contribution < 1.29 is 24.2 Å². The first-order valence-electron chi connectivity index (χ1n) is 7.86. The van der Waals surface area contributed by atoms with Gasteiger partial charge in [-0.25, -0.2) is 4.79 Å². The predicted octanol–water partition coefficient (Wildman–Crippen LogP) is 2.61. The summed E-state index contributed by atoms with van der Waals surface area (Å²) in [7, 11) is 1.69. The van der Waals surface area contributed by atoms with Crippen LogP contribution in [0.3, 0.4) is 0 Å². The fraction of sp³-hybridized carbons (Fsp3) is 0.263. The average Bonchev–Trinajstić information content (AvgIpc) is 2.61. The normalized spacial score (nSPS) is 10.2. The zero-order valence-corrected chi connectivity index (χ0v) is 14.3. The summed E-state index contributed by atoms with van der Waals surface area (Å²) in [5, 5.41) is 8.64. The average molecular weight is 343 g/mol. The molecule has 1 amide bonds. The molecular formula is C19H21NO5. The molecule has 0 spiro atoms. The lowest BCUT2D eigenvalue weighted by molar-refractivity contribution is -0.139. The number of likely N-dealkylation sites (N-methyl/N-ethyl adjacent to an activating group) is 1. The van der Waals surface area contributed by atoms with Crippen LogP contribution in [0.5, 0.6) is 11.5 Å². The van der Waals surface area contributed by atoms with E-state index >= 15 is 0 Å². The first-order chi connectivity index (χ1) is 12.0. The largest absolute Gasteiger partial charge is 0.491 e. The Morgan fingerprint density at radius 3 is 2.56 bits per heavy atom. The highest BCUT2D eigenvalue weighted by Crippen LogP contribution is 2.17. The summed E-state index contributed by atoms with van der Waals surface area (Å²) in [6.07, 6.45) is 0. The fourth-order valence-electron chi connectivity index (χ4n) is 2.20. The molecule has 0 bridgehead atoms. The highest BCUT2D eigenvalue weighted by Gasteiger charge is 2.13. The molecule has 132 valence electrons. The summed E-state index contributed by atoms with van der Waals surface area (Å²) < 4.78 is 10.8. The number of benzene rings is 2. The van der Waals surface area contributed by atoms with E-state index in [0.29, 0.717) is 24.5 Å². The lowest BCUT2D eigenvalue weighted by atomic mass is 10.2. The van der Waals surface area contributed by atoms with Crippen LogP contribution in [0.15, 0.2) is 48.5 Å². The Bertz CT molecular complexity index is 744. The van der Waals surface area contributed by atoms with E-state index in [-0.39, 0.29) is 5.91 Å². The standard InChI is InChI=1S/C19H21NO5/c1-14-6-3-4-9-17(14)24-11-10-20(2)19(23)15-7-5-8-16(12-15)25-13-18(21)22/h3-9,12H,10-11,13H2,1-2H3,(H,21,22). The maximum absolute atomic E-state index is 12.4. The second-order valence-corrected chi connectivity index (χ2v) is 5.55. The summed E-state index contributed by atoms with van der Waals surface area (Å²) >= 11 is 0. The van der Waals surface area contributed by atoms with Crippen LogP contribution in [0.1, 0.15) is 15.9 Å². The van der Waals surface area contributed by atoms with E-state index in [4.69, 9.17) is 14.6 Å². The zero-order valence-electron chi connectivity index (χ0n) is 14.3. The fourth-order valence-corrected chi connectivity index (χ4v) is 2.20. The highest BCUT2D eigenvalue weighted by molar-refractivity contribution is 5.94. The number of carbonyl (C=O) groups excluding carboxylic acids is 1. The van der Waals surface area contributed by atoms with Crippen molar-refractivity contribution in [2.45, 2.75) is 6.92 Å². The minimum atomic E-state index is -1.07. The third-order valence-electron chi connectivity index (χ3n) is 3.57. The molecule has 0 unspecified atom stereocenters. The van der Waals surface area contributed by atoms with E-state index in [0.717, 1.165) is 11.3 Å². The predicted molar refractivity (Wildman–Crippen MR) is 93.2 cm³/mol. The van der Waals surface area contributed by atoms with E-state index in [9.17, 15) is 9.59 Å². The van der Waals surface area contributed by atoms with Crippen LogP contribution in [0.2, 0.25) is 0 Å². The van der Waals surface area contributed by atoms with Gasteiger partial charge in [-0.15, -0.1) is 0 Å². The first-order valence-corrected chi connectivity index (χ1v) is 7.86. The van der Waals surface area contributed by atoms with Gasteiger partial charge in [-0.05, 0) is 36.8 Å². The van der Waals surface area contributed by atoms with Crippen molar-refractivity contribution in [3.63, 3.8) is 0 Å². The molecule has 0 heterocycles. The molecule has 25 heavy (non-hydrogen) atoms. The Hall–Kier alpha value is -3.02. The molecule has 1 N–H and O–H groups in total. The van der Waals surface area contributed by atoms with Gasteiger partial charge in [0, 0.05) is 12.6 Å². The number of hydrogen-bond donors (Lipinski definition) is 1. The second-order valence-electron chi connectivity index (χ2n) is 5.55. The van der Waals surface area contributed by atoms with Gasteiger partial charge in [-0.2, -0.15) is 0 Å². The van der Waals surface area contributed by atoms with Crippen molar-refractivity contribution in [2.75, 3.05) is 26.8 Å². The molecule has 0 radical (unpaired) electrons. The Morgan fingerprint density at radius 2 is 1.84 bits per heavy atom. The number of aliphatic carboxylic acids is 1. The van der Waals surface area contributed by atoms with E-state index in [1.807, 2.05) is 31.2 Å². The van der Waals surface area contributed by atoms with Gasteiger partial charge in [0.25, 0.3) is 5.91 Å². The lowest BCUT2D eigenvalue weighted by Crippen LogP contribution is -2.31. The van der Waals surface area contributed by atoms with Crippen molar-refractivity contribution in [3.05, 3.63) is 59.7 Å². The van der Waals surface area contributed by atoms with Gasteiger partial charge >= 0.3 is 5.97 Å². The molecule has 6 heteroatoms. The van der Waals surface area contributed by atoms with Crippen molar-refractivity contribution >= 4 is 11.9 Å². The van der Waals surface area contributed by atoms with Gasteiger partial charge < -0.3 is 19.5 Å². The molecule has 2 aromatic rings. The SMILES string of the molecule is Cc1ccccc1OCCN(C)C(=O)c1cccc(OCC(=O)O)c1. The quantitative estimate of drug-likeness (QED) is 0.797. The molecule has 0 saturated heterocycles. The number of nitrogens with zero attached hydrogens (tertiary/aromatic N) is 1. The lowest BCUT2D eigenvalue weighted by Gasteiger charge is -2.18. The van der Waals surface area contributed by atoms with E-state index < -0.39 is 12.6 Å². The van der Waals surface area contributed by atoms with Gasteiger partial charge in [0.2, 0.25) is 0 Å². The number of rotatable bonds is 8. The second kappa shape index (κ2) is 8.73. The van der Waals surface area contributed by atoms with Crippen molar-refractivity contribution in [2.24, 2.45) is 0 Å². The van der Waals surface area contributed by atoms with Gasteiger partial charge in [0.05, 0.1) is 6.54 Å². The number of amides is 1. The van der Waals surface area contributed by atoms with Crippen LogP contribution in [0, 0.1) is 6.92 Å². The number of carboxylic acid groups (broad SMARTS) is 1. The minimum absolute atomic E-state index is 0.186. The monoisotopic (exact) mass is 343 g/mol. The topological polar surface area (TPSA) is 76.1 Å². The Labute approximate surface area is 146 Å². The van der Waals surface area contributed by atoms with Crippen molar-refractivity contribution in [1.29, 1.82) is 0 Å². The first kappa shape index (κ1) is 18.3. The molecule has 0 atom stereocenters. The van der Waals surface area contributed by atoms with Gasteiger partial charge in [-0.1, -0.05) is 24.3 Å². The number of carbonyl (C=O) groups is 2. The van der Waals surface area contributed by atoms with Crippen LogP contribution in [-0.4, -0.2) is 48.7 Å². The highest BCUT2D eigenvalue weighted by atomic mass is 16.5. The van der Waals surface area contributed by atoms with Crippen LogP contribution in [0.4, 0.5) is 0 Å². The molecule has 2 aromatic carbocycles. The molecule has 0 aromatic heterocycles. The Kier molecular flexibility index (Phi) is 6.39. The number of para-hydroxylation sites is 1. The summed E-state index contributed by atoms with van der Waals surface area (Å²) in [5.74, 6) is -0.110. The van der Waals surface area contributed by atoms with Crippen molar-refractivity contribution in [3.8, 4) is 11.5 Å². The molecule has 0 aliphatic rings.